The van der Waals surface area contributed by atoms with Crippen LogP contribution in [-0.2, 0) is 11.2 Å². The molecule has 2 heterocycles. The third-order valence-corrected chi connectivity index (χ3v) is 4.89. The molecule has 1 amide bonds. The fourth-order valence-electron chi connectivity index (χ4n) is 2.28. The zero-order chi connectivity index (χ0) is 14.9. The summed E-state index contributed by atoms with van der Waals surface area (Å²) in [6.45, 7) is 0.0332. The second-order valence-corrected chi connectivity index (χ2v) is 6.23. The van der Waals surface area contributed by atoms with Crippen LogP contribution < -0.4 is 0 Å². The molecule has 0 aromatic carbocycles. The molecule has 110 valence electrons. The number of likely N-dealkylation sites (N-methyl/N-ethyl adjacent to an activating group) is 1. The van der Waals surface area contributed by atoms with Crippen molar-refractivity contribution < 1.29 is 9.90 Å². The number of hydrogen-bond acceptors (Lipinski definition) is 5. The van der Waals surface area contributed by atoms with Gasteiger partial charge in [-0.15, -0.1) is 11.3 Å². The average molecular weight is 303 g/mol. The van der Waals surface area contributed by atoms with Crippen molar-refractivity contribution in [2.75, 3.05) is 13.7 Å². The molecule has 1 aliphatic rings. The van der Waals surface area contributed by atoms with Crippen molar-refractivity contribution in [1.29, 1.82) is 0 Å². The fourth-order valence-corrected chi connectivity index (χ4v) is 3.07. The Kier molecular flexibility index (Phi) is 3.73. The van der Waals surface area contributed by atoms with Gasteiger partial charge in [-0.05, 0) is 25.0 Å². The zero-order valence-corrected chi connectivity index (χ0v) is 12.6. The van der Waals surface area contributed by atoms with Crippen molar-refractivity contribution in [2.24, 2.45) is 0 Å². The minimum atomic E-state index is -0.322. The summed E-state index contributed by atoms with van der Waals surface area (Å²) in [5, 5.41) is 12.1. The van der Waals surface area contributed by atoms with Gasteiger partial charge in [0.1, 0.15) is 5.01 Å². The molecule has 1 aliphatic carbocycles. The Labute approximate surface area is 127 Å². The van der Waals surface area contributed by atoms with Gasteiger partial charge in [0.25, 0.3) is 0 Å². The largest absolute Gasteiger partial charge is 0.394 e. The van der Waals surface area contributed by atoms with Crippen LogP contribution in [0, 0.1) is 0 Å². The van der Waals surface area contributed by atoms with E-state index in [9.17, 15) is 9.90 Å². The molecule has 1 saturated carbocycles. The number of aliphatic hydroxyl groups is 1. The molecule has 1 fully saturated rings. The maximum absolute atomic E-state index is 12.3. The molecule has 6 heteroatoms. The van der Waals surface area contributed by atoms with Crippen LogP contribution >= 0.6 is 11.3 Å². The summed E-state index contributed by atoms with van der Waals surface area (Å²) in [4.78, 5) is 22.7. The molecule has 0 aliphatic heterocycles. The van der Waals surface area contributed by atoms with E-state index in [1.807, 2.05) is 23.6 Å². The summed E-state index contributed by atoms with van der Waals surface area (Å²) < 4.78 is 0. The Morgan fingerprint density at radius 3 is 2.90 bits per heavy atom. The van der Waals surface area contributed by atoms with Crippen molar-refractivity contribution in [3.05, 3.63) is 35.5 Å². The van der Waals surface area contributed by atoms with Crippen LogP contribution in [0.3, 0.4) is 0 Å². The topological polar surface area (TPSA) is 66.3 Å². The lowest BCUT2D eigenvalue weighted by molar-refractivity contribution is -0.133. The van der Waals surface area contributed by atoms with Gasteiger partial charge in [0.05, 0.1) is 30.0 Å². The predicted octanol–water partition coefficient (Wildman–Crippen LogP) is 1.73. The highest BCUT2D eigenvalue weighted by molar-refractivity contribution is 7.13. The Morgan fingerprint density at radius 1 is 1.48 bits per heavy atom. The van der Waals surface area contributed by atoms with E-state index in [0.29, 0.717) is 0 Å². The monoisotopic (exact) mass is 303 g/mol. The number of aliphatic hydroxyl groups excluding tert-OH is 1. The number of nitrogens with zero attached hydrogens (tertiary/aromatic N) is 3. The Bertz CT molecular complexity index is 637. The van der Waals surface area contributed by atoms with E-state index in [2.05, 4.69) is 9.97 Å². The van der Waals surface area contributed by atoms with Gasteiger partial charge >= 0.3 is 0 Å². The number of rotatable bonds is 5. The van der Waals surface area contributed by atoms with Gasteiger partial charge in [0.15, 0.2) is 0 Å². The van der Waals surface area contributed by atoms with E-state index < -0.39 is 0 Å². The van der Waals surface area contributed by atoms with Gasteiger partial charge < -0.3 is 10.0 Å². The smallest absolute Gasteiger partial charge is 0.228 e. The van der Waals surface area contributed by atoms with E-state index >= 15 is 0 Å². The average Bonchev–Trinajstić information content (AvgIpc) is 3.19. The quantitative estimate of drug-likeness (QED) is 0.913. The maximum Gasteiger partial charge on any atom is 0.228 e. The van der Waals surface area contributed by atoms with Crippen LogP contribution in [0.15, 0.2) is 29.8 Å². The van der Waals surface area contributed by atoms with Crippen molar-refractivity contribution in [3.63, 3.8) is 0 Å². The summed E-state index contributed by atoms with van der Waals surface area (Å²) in [6, 6.07) is 5.68. The standard InChI is InChI=1S/C15H17N3O2S/c1-18(15(10-19)5-6-15)13(20)8-11-9-21-14(17-11)12-4-2-3-7-16-12/h2-4,7,9,19H,5-6,8,10H2,1H3. The zero-order valence-electron chi connectivity index (χ0n) is 11.8. The predicted molar refractivity (Wildman–Crippen MR) is 80.9 cm³/mol. The van der Waals surface area contributed by atoms with E-state index in [1.54, 1.807) is 18.1 Å². The molecular formula is C15H17N3O2S. The molecule has 1 N–H and O–H groups in total. The normalized spacial score (nSPS) is 15.7. The van der Waals surface area contributed by atoms with Crippen molar-refractivity contribution in [1.82, 2.24) is 14.9 Å². The van der Waals surface area contributed by atoms with E-state index in [0.717, 1.165) is 29.2 Å². The van der Waals surface area contributed by atoms with Gasteiger partial charge in [0, 0.05) is 18.6 Å². The van der Waals surface area contributed by atoms with E-state index in [1.165, 1.54) is 11.3 Å². The summed E-state index contributed by atoms with van der Waals surface area (Å²) in [7, 11) is 1.76. The molecule has 0 radical (unpaired) electrons. The van der Waals surface area contributed by atoms with Crippen LogP contribution in [0.2, 0.25) is 0 Å². The number of hydrogen-bond donors (Lipinski definition) is 1. The number of amides is 1. The molecule has 0 spiro atoms. The van der Waals surface area contributed by atoms with Gasteiger partial charge in [0.2, 0.25) is 5.91 Å². The highest BCUT2D eigenvalue weighted by atomic mass is 32.1. The molecular weight excluding hydrogens is 286 g/mol. The van der Waals surface area contributed by atoms with Crippen molar-refractivity contribution in [3.8, 4) is 10.7 Å². The van der Waals surface area contributed by atoms with Gasteiger partial charge in [-0.3, -0.25) is 9.78 Å². The summed E-state index contributed by atoms with van der Waals surface area (Å²) >= 11 is 1.49. The van der Waals surface area contributed by atoms with Gasteiger partial charge in [-0.25, -0.2) is 4.98 Å². The number of pyridine rings is 1. The second-order valence-electron chi connectivity index (χ2n) is 5.37. The van der Waals surface area contributed by atoms with Crippen LogP contribution in [0.25, 0.3) is 10.7 Å². The first-order chi connectivity index (χ1) is 10.1. The van der Waals surface area contributed by atoms with E-state index in [4.69, 9.17) is 0 Å². The molecule has 3 rings (SSSR count). The number of carbonyl (C=O) groups is 1. The highest BCUT2D eigenvalue weighted by Gasteiger charge is 2.47. The number of carbonyl (C=O) groups excluding carboxylic acids is 1. The Balaban J connectivity index is 1.69. The summed E-state index contributed by atoms with van der Waals surface area (Å²) in [5.74, 6) is -0.000536. The van der Waals surface area contributed by atoms with Crippen LogP contribution in [-0.4, -0.2) is 45.1 Å². The first-order valence-electron chi connectivity index (χ1n) is 6.88. The summed E-state index contributed by atoms with van der Waals surface area (Å²) in [5.41, 5.74) is 1.26. The Morgan fingerprint density at radius 2 is 2.29 bits per heavy atom. The minimum absolute atomic E-state index is 0.000536. The van der Waals surface area contributed by atoms with Crippen LogP contribution in [0.4, 0.5) is 0 Å². The number of thiazole rings is 1. The molecule has 0 bridgehead atoms. The third-order valence-electron chi connectivity index (χ3n) is 3.98. The van der Waals surface area contributed by atoms with Crippen molar-refractivity contribution >= 4 is 17.2 Å². The van der Waals surface area contributed by atoms with Crippen LogP contribution in [0.5, 0.6) is 0 Å². The van der Waals surface area contributed by atoms with Gasteiger partial charge in [-0.1, -0.05) is 6.07 Å². The molecule has 2 aromatic rings. The molecule has 0 unspecified atom stereocenters. The maximum atomic E-state index is 12.3. The second kappa shape index (κ2) is 5.54. The molecule has 2 aromatic heterocycles. The third kappa shape index (κ3) is 2.82. The lowest BCUT2D eigenvalue weighted by Gasteiger charge is -2.26. The van der Waals surface area contributed by atoms with E-state index in [-0.39, 0.29) is 24.5 Å². The lowest BCUT2D eigenvalue weighted by Crippen LogP contribution is -2.42. The molecule has 5 nitrogen and oxygen atoms in total. The number of aromatic nitrogens is 2. The fraction of sp³-hybridized carbons (Fsp3) is 0.400. The SMILES string of the molecule is CN(C(=O)Cc1csc(-c2ccccn2)n1)C1(CO)CC1. The minimum Gasteiger partial charge on any atom is -0.394 e. The molecule has 0 saturated heterocycles. The van der Waals surface area contributed by atoms with Gasteiger partial charge in [-0.2, -0.15) is 0 Å². The molecule has 21 heavy (non-hydrogen) atoms. The van der Waals surface area contributed by atoms with Crippen LogP contribution in [0.1, 0.15) is 18.5 Å². The molecule has 0 atom stereocenters. The first-order valence-corrected chi connectivity index (χ1v) is 7.76. The lowest BCUT2D eigenvalue weighted by atomic mass is 10.2. The summed E-state index contributed by atoms with van der Waals surface area (Å²) in [6.07, 6.45) is 3.75. The first kappa shape index (κ1) is 14.2. The highest BCUT2D eigenvalue weighted by Crippen LogP contribution is 2.40. The van der Waals surface area contributed by atoms with Crippen molar-refractivity contribution in [2.45, 2.75) is 24.8 Å². The Hall–Kier alpha value is -1.79.